The highest BCUT2D eigenvalue weighted by Crippen LogP contribution is 2.25. The van der Waals surface area contributed by atoms with Crippen molar-refractivity contribution in [3.8, 4) is 0 Å². The summed E-state index contributed by atoms with van der Waals surface area (Å²) < 4.78 is 41.2. The van der Waals surface area contributed by atoms with Crippen molar-refractivity contribution in [1.82, 2.24) is 19.2 Å². The number of rotatable bonds is 9. The zero-order valence-corrected chi connectivity index (χ0v) is 20.2. The van der Waals surface area contributed by atoms with Crippen molar-refractivity contribution >= 4 is 33.2 Å². The molecule has 0 amide bonds. The number of sulfonamides is 1. The van der Waals surface area contributed by atoms with E-state index in [9.17, 15) is 17.9 Å². The molecule has 1 fully saturated rings. The molecule has 2 aromatic carbocycles. The van der Waals surface area contributed by atoms with E-state index in [0.29, 0.717) is 23.1 Å². The van der Waals surface area contributed by atoms with Gasteiger partial charge in [-0.3, -0.25) is 0 Å². The van der Waals surface area contributed by atoms with Crippen LogP contribution in [0.15, 0.2) is 65.7 Å². The van der Waals surface area contributed by atoms with Crippen LogP contribution in [0.25, 0.3) is 0 Å². The Bertz CT molecular complexity index is 1220. The Balaban J connectivity index is 1.46. The van der Waals surface area contributed by atoms with Gasteiger partial charge in [-0.15, -0.1) is 0 Å². The molecule has 1 aromatic heterocycles. The largest absolute Gasteiger partial charge is 0.395 e. The molecule has 9 nitrogen and oxygen atoms in total. The van der Waals surface area contributed by atoms with E-state index in [0.717, 1.165) is 25.9 Å². The van der Waals surface area contributed by atoms with Gasteiger partial charge in [0.25, 0.3) is 0 Å². The third-order valence-corrected chi connectivity index (χ3v) is 7.87. The second kappa shape index (κ2) is 11.1. The summed E-state index contributed by atoms with van der Waals surface area (Å²) >= 11 is 0. The number of benzene rings is 2. The van der Waals surface area contributed by atoms with Crippen LogP contribution >= 0.6 is 0 Å². The number of aliphatic hydroxyl groups is 1. The molecule has 0 unspecified atom stereocenters. The third-order valence-electron chi connectivity index (χ3n) is 5.90. The highest BCUT2D eigenvalue weighted by Gasteiger charge is 2.32. The number of hydrogen-bond acceptors (Lipinski definition) is 8. The van der Waals surface area contributed by atoms with Crippen molar-refractivity contribution in [3.05, 3.63) is 66.6 Å². The predicted molar refractivity (Wildman–Crippen MR) is 133 cm³/mol. The van der Waals surface area contributed by atoms with Crippen molar-refractivity contribution in [2.24, 2.45) is 0 Å². The number of aliphatic hydroxyl groups excluding tert-OH is 1. The highest BCUT2D eigenvalue weighted by atomic mass is 32.2. The minimum Gasteiger partial charge on any atom is -0.395 e. The van der Waals surface area contributed by atoms with E-state index in [1.54, 1.807) is 36.5 Å². The summed E-state index contributed by atoms with van der Waals surface area (Å²) in [6.07, 6.45) is 3.04. The quantitative estimate of drug-likeness (QED) is 0.411. The van der Waals surface area contributed by atoms with E-state index in [1.807, 2.05) is 7.05 Å². The normalized spacial score (nSPS) is 15.3. The molecule has 0 aliphatic carbocycles. The molecule has 2 heterocycles. The van der Waals surface area contributed by atoms with E-state index < -0.39 is 10.0 Å². The average molecular weight is 501 g/mol. The molecule has 1 saturated heterocycles. The number of aromatic nitrogens is 2. The summed E-state index contributed by atoms with van der Waals surface area (Å²) in [5.74, 6) is 0.518. The molecule has 3 aromatic rings. The first-order valence-corrected chi connectivity index (χ1v) is 12.8. The average Bonchev–Trinajstić information content (AvgIpc) is 2.85. The summed E-state index contributed by atoms with van der Waals surface area (Å²) in [5, 5.41) is 15.6. The molecule has 0 radical (unpaired) electrons. The Morgan fingerprint density at radius 3 is 2.31 bits per heavy atom. The minimum atomic E-state index is -3.76. The van der Waals surface area contributed by atoms with Gasteiger partial charge in [-0.25, -0.2) is 17.8 Å². The van der Waals surface area contributed by atoms with E-state index in [-0.39, 0.29) is 29.9 Å². The van der Waals surface area contributed by atoms with Gasteiger partial charge < -0.3 is 20.6 Å². The van der Waals surface area contributed by atoms with Crippen molar-refractivity contribution in [3.63, 3.8) is 0 Å². The summed E-state index contributed by atoms with van der Waals surface area (Å²) in [7, 11) is -1.74. The van der Waals surface area contributed by atoms with E-state index in [4.69, 9.17) is 0 Å². The van der Waals surface area contributed by atoms with Gasteiger partial charge in [-0.2, -0.15) is 9.29 Å². The lowest BCUT2D eigenvalue weighted by Crippen LogP contribution is -2.47. The number of hydrogen-bond donors (Lipinski definition) is 3. The van der Waals surface area contributed by atoms with Crippen LogP contribution in [0.3, 0.4) is 0 Å². The summed E-state index contributed by atoms with van der Waals surface area (Å²) in [5.41, 5.74) is 1.30. The molecule has 0 bridgehead atoms. The Morgan fingerprint density at radius 1 is 1.03 bits per heavy atom. The van der Waals surface area contributed by atoms with E-state index in [2.05, 4.69) is 25.5 Å². The fourth-order valence-corrected chi connectivity index (χ4v) is 5.70. The van der Waals surface area contributed by atoms with Crippen molar-refractivity contribution in [2.45, 2.75) is 23.8 Å². The van der Waals surface area contributed by atoms with E-state index in [1.165, 1.54) is 28.6 Å². The molecular formula is C24H29FN6O3S. The first kappa shape index (κ1) is 25.0. The smallest absolute Gasteiger partial charge is 0.243 e. The number of piperidine rings is 1. The molecule has 0 saturated carbocycles. The Labute approximate surface area is 204 Å². The van der Waals surface area contributed by atoms with Crippen LogP contribution in [0.1, 0.15) is 12.8 Å². The fourth-order valence-electron chi connectivity index (χ4n) is 4.02. The van der Waals surface area contributed by atoms with Gasteiger partial charge in [0.2, 0.25) is 16.0 Å². The maximum Gasteiger partial charge on any atom is 0.243 e. The van der Waals surface area contributed by atoms with Crippen LogP contribution in [0.5, 0.6) is 0 Å². The Morgan fingerprint density at radius 2 is 1.66 bits per heavy atom. The Hall–Kier alpha value is -3.12. The molecule has 1 aliphatic rings. The second-order valence-electron chi connectivity index (χ2n) is 8.42. The molecule has 0 spiro atoms. The van der Waals surface area contributed by atoms with Gasteiger partial charge in [0.1, 0.15) is 11.6 Å². The van der Waals surface area contributed by atoms with Gasteiger partial charge in [0.05, 0.1) is 11.5 Å². The van der Waals surface area contributed by atoms with Crippen LogP contribution in [0.2, 0.25) is 0 Å². The van der Waals surface area contributed by atoms with Gasteiger partial charge >= 0.3 is 0 Å². The lowest BCUT2D eigenvalue weighted by Gasteiger charge is -2.36. The van der Waals surface area contributed by atoms with Gasteiger partial charge in [0.15, 0.2) is 0 Å². The van der Waals surface area contributed by atoms with Crippen molar-refractivity contribution < 1.29 is 17.9 Å². The zero-order chi connectivity index (χ0) is 24.8. The lowest BCUT2D eigenvalue weighted by molar-refractivity contribution is 0.161. The topological polar surface area (TPSA) is 111 Å². The van der Waals surface area contributed by atoms with Crippen molar-refractivity contribution in [1.29, 1.82) is 0 Å². The fraction of sp³-hybridized carbons (Fsp3) is 0.333. The Kier molecular flexibility index (Phi) is 7.91. The molecule has 0 atom stereocenters. The van der Waals surface area contributed by atoms with Crippen LogP contribution < -0.4 is 10.6 Å². The number of nitrogens with zero attached hydrogens (tertiary/aromatic N) is 4. The van der Waals surface area contributed by atoms with Crippen molar-refractivity contribution in [2.75, 3.05) is 43.9 Å². The first-order chi connectivity index (χ1) is 16.8. The monoisotopic (exact) mass is 500 g/mol. The first-order valence-electron chi connectivity index (χ1n) is 11.4. The predicted octanol–water partition coefficient (Wildman–Crippen LogP) is 3.18. The van der Waals surface area contributed by atoms with Gasteiger partial charge in [-0.05, 0) is 87.6 Å². The summed E-state index contributed by atoms with van der Waals surface area (Å²) in [4.78, 5) is 10.9. The van der Waals surface area contributed by atoms with E-state index >= 15 is 0 Å². The second-order valence-corrected chi connectivity index (χ2v) is 10.3. The van der Waals surface area contributed by atoms with Crippen LogP contribution in [0.4, 0.5) is 27.5 Å². The standard InChI is InChI=1S/C24H29FN6O3S/c1-30-14-11-21(12-15-30)31(16-17-32)35(33,34)22-8-6-20(7-9-22)28-24-26-13-10-23(29-24)27-19-4-2-18(25)3-5-19/h2-10,13,21,32H,11-12,14-17H2,1H3,(H2,26,27,28,29). The zero-order valence-electron chi connectivity index (χ0n) is 19.4. The lowest BCUT2D eigenvalue weighted by atomic mass is 10.1. The third kappa shape index (κ3) is 6.31. The number of anilines is 4. The van der Waals surface area contributed by atoms with Gasteiger partial charge in [0, 0.05) is 30.2 Å². The molecular weight excluding hydrogens is 471 g/mol. The molecule has 11 heteroatoms. The number of halogens is 1. The van der Waals surface area contributed by atoms with Crippen LogP contribution in [0, 0.1) is 5.82 Å². The van der Waals surface area contributed by atoms with Gasteiger partial charge in [-0.1, -0.05) is 0 Å². The molecule has 186 valence electrons. The summed E-state index contributed by atoms with van der Waals surface area (Å²) in [6, 6.07) is 13.9. The molecule has 35 heavy (non-hydrogen) atoms. The minimum absolute atomic E-state index is 0.0679. The molecule has 4 rings (SSSR count). The SMILES string of the molecule is CN1CCC(N(CCO)S(=O)(=O)c2ccc(Nc3nccc(Nc4ccc(F)cc4)n3)cc2)CC1. The maximum absolute atomic E-state index is 13.3. The molecule has 1 aliphatic heterocycles. The number of nitrogens with one attached hydrogen (secondary N) is 2. The van der Waals surface area contributed by atoms with Crippen LogP contribution in [-0.4, -0.2) is 72.0 Å². The van der Waals surface area contributed by atoms with Crippen LogP contribution in [-0.2, 0) is 10.0 Å². The highest BCUT2D eigenvalue weighted by molar-refractivity contribution is 7.89. The molecule has 3 N–H and O–H groups in total. The number of likely N-dealkylation sites (tertiary alicyclic amines) is 1. The maximum atomic E-state index is 13.3. The summed E-state index contributed by atoms with van der Waals surface area (Å²) in [6.45, 7) is 1.48.